The van der Waals surface area contributed by atoms with Crippen molar-refractivity contribution in [3.05, 3.63) is 44.5 Å². The quantitative estimate of drug-likeness (QED) is 0.820. The molecule has 1 heterocycles. The van der Waals surface area contributed by atoms with Gasteiger partial charge in [0.25, 0.3) is 0 Å². The molecule has 0 saturated carbocycles. The molecule has 2 N–H and O–H groups in total. The number of nitrogens with zero attached hydrogens (tertiary/aromatic N) is 1. The number of esters is 1. The minimum absolute atomic E-state index is 0.0420. The van der Waals surface area contributed by atoms with Crippen LogP contribution in [0.4, 0.5) is 5.69 Å². The topological polar surface area (TPSA) is 65.2 Å². The summed E-state index contributed by atoms with van der Waals surface area (Å²) in [4.78, 5) is 15.9. The first kappa shape index (κ1) is 15.9. The molecule has 0 saturated heterocycles. The number of halogens is 3. The molecule has 1 aromatic heterocycles. The summed E-state index contributed by atoms with van der Waals surface area (Å²) >= 11 is 18.1. The SMILES string of the molecule is COC(=O)c1nc(-c2ccc(Cl)c(Cl)c2C)cc(N)c1Cl. The Morgan fingerprint density at radius 3 is 2.52 bits per heavy atom. The summed E-state index contributed by atoms with van der Waals surface area (Å²) in [5, 5.41) is 0.917. The van der Waals surface area contributed by atoms with E-state index in [4.69, 9.17) is 40.5 Å². The van der Waals surface area contributed by atoms with E-state index in [9.17, 15) is 4.79 Å². The Balaban J connectivity index is 2.68. The number of nitrogens with two attached hydrogens (primary N) is 1. The number of carbonyl (C=O) groups is 1. The first-order valence-corrected chi connectivity index (χ1v) is 6.99. The van der Waals surface area contributed by atoms with E-state index in [0.717, 1.165) is 5.56 Å². The van der Waals surface area contributed by atoms with E-state index in [1.165, 1.54) is 7.11 Å². The number of hydrogen-bond donors (Lipinski definition) is 1. The standard InChI is InChI=1S/C14H11Cl3N2O2/c1-6-7(3-4-8(15)11(6)16)10-5-9(18)12(17)13(19-10)14(20)21-2/h3-5H,1-2H3,(H2,18,19). The second-order valence-corrected chi connectivity index (χ2v) is 5.45. The molecule has 2 aromatic rings. The lowest BCUT2D eigenvalue weighted by atomic mass is 10.0. The van der Waals surface area contributed by atoms with Gasteiger partial charge in [-0.25, -0.2) is 9.78 Å². The molecule has 4 nitrogen and oxygen atoms in total. The Hall–Kier alpha value is -1.49. The minimum atomic E-state index is -0.661. The van der Waals surface area contributed by atoms with Gasteiger partial charge in [0.2, 0.25) is 0 Å². The zero-order valence-electron chi connectivity index (χ0n) is 11.2. The summed E-state index contributed by atoms with van der Waals surface area (Å²) in [5.74, 6) is -0.661. The van der Waals surface area contributed by atoms with Crippen LogP contribution in [0.2, 0.25) is 15.1 Å². The van der Waals surface area contributed by atoms with Crippen LogP contribution >= 0.6 is 34.8 Å². The van der Waals surface area contributed by atoms with Crippen LogP contribution in [0.3, 0.4) is 0 Å². The summed E-state index contributed by atoms with van der Waals surface area (Å²) in [6.45, 7) is 1.80. The van der Waals surface area contributed by atoms with Gasteiger partial charge in [0.15, 0.2) is 5.69 Å². The Kier molecular flexibility index (Phi) is 4.61. The van der Waals surface area contributed by atoms with Crippen molar-refractivity contribution in [2.24, 2.45) is 0 Å². The van der Waals surface area contributed by atoms with Gasteiger partial charge in [0, 0.05) is 5.56 Å². The lowest BCUT2D eigenvalue weighted by Crippen LogP contribution is -2.08. The van der Waals surface area contributed by atoms with Crippen LogP contribution in [0.15, 0.2) is 18.2 Å². The van der Waals surface area contributed by atoms with Gasteiger partial charge >= 0.3 is 5.97 Å². The summed E-state index contributed by atoms with van der Waals surface area (Å²) in [5.41, 5.74) is 7.92. The van der Waals surface area contributed by atoms with Crippen molar-refractivity contribution in [3.63, 3.8) is 0 Å². The van der Waals surface area contributed by atoms with E-state index in [2.05, 4.69) is 9.72 Å². The first-order chi connectivity index (χ1) is 9.86. The summed E-state index contributed by atoms with van der Waals surface area (Å²) in [6, 6.07) is 4.97. The van der Waals surface area contributed by atoms with E-state index in [-0.39, 0.29) is 16.4 Å². The molecule has 0 spiro atoms. The molecular weight excluding hydrogens is 335 g/mol. The molecule has 0 aliphatic rings. The lowest BCUT2D eigenvalue weighted by Gasteiger charge is -2.12. The minimum Gasteiger partial charge on any atom is -0.464 e. The number of pyridine rings is 1. The number of ether oxygens (including phenoxy) is 1. The third-order valence-electron chi connectivity index (χ3n) is 2.98. The fourth-order valence-electron chi connectivity index (χ4n) is 1.85. The highest BCUT2D eigenvalue weighted by Gasteiger charge is 2.19. The van der Waals surface area contributed by atoms with Crippen molar-refractivity contribution in [2.75, 3.05) is 12.8 Å². The zero-order chi connectivity index (χ0) is 15.7. The van der Waals surface area contributed by atoms with Crippen molar-refractivity contribution >= 4 is 46.5 Å². The average molecular weight is 346 g/mol. The molecule has 0 fully saturated rings. The molecule has 110 valence electrons. The lowest BCUT2D eigenvalue weighted by molar-refractivity contribution is 0.0594. The molecule has 21 heavy (non-hydrogen) atoms. The van der Waals surface area contributed by atoms with Crippen molar-refractivity contribution in [1.82, 2.24) is 4.98 Å². The van der Waals surface area contributed by atoms with Gasteiger partial charge in [-0.15, -0.1) is 0 Å². The Labute approximate surface area is 136 Å². The smallest absolute Gasteiger partial charge is 0.358 e. The number of rotatable bonds is 2. The third kappa shape index (κ3) is 2.93. The van der Waals surface area contributed by atoms with E-state index < -0.39 is 5.97 Å². The van der Waals surface area contributed by atoms with Gasteiger partial charge in [0.05, 0.1) is 33.6 Å². The van der Waals surface area contributed by atoms with Gasteiger partial charge in [0.1, 0.15) is 0 Å². The van der Waals surface area contributed by atoms with Crippen LogP contribution in [0, 0.1) is 6.92 Å². The van der Waals surface area contributed by atoms with Gasteiger partial charge < -0.3 is 10.5 Å². The predicted octanol–water partition coefficient (Wildman–Crippen LogP) is 4.39. The van der Waals surface area contributed by atoms with Crippen LogP contribution in [0.5, 0.6) is 0 Å². The first-order valence-electron chi connectivity index (χ1n) is 5.86. The molecule has 7 heteroatoms. The Morgan fingerprint density at radius 1 is 1.24 bits per heavy atom. The van der Waals surface area contributed by atoms with Gasteiger partial charge in [-0.2, -0.15) is 0 Å². The molecule has 0 unspecified atom stereocenters. The van der Waals surface area contributed by atoms with Gasteiger partial charge in [-0.3, -0.25) is 0 Å². The highest BCUT2D eigenvalue weighted by atomic mass is 35.5. The fraction of sp³-hybridized carbons (Fsp3) is 0.143. The molecule has 2 rings (SSSR count). The van der Waals surface area contributed by atoms with Crippen molar-refractivity contribution in [2.45, 2.75) is 6.92 Å². The highest BCUT2D eigenvalue weighted by molar-refractivity contribution is 6.42. The number of anilines is 1. The number of aromatic nitrogens is 1. The van der Waals surface area contributed by atoms with E-state index in [1.807, 2.05) is 0 Å². The summed E-state index contributed by atoms with van der Waals surface area (Å²) in [7, 11) is 1.24. The molecule has 0 aliphatic carbocycles. The number of nitrogen functional groups attached to an aromatic ring is 1. The van der Waals surface area contributed by atoms with Gasteiger partial charge in [-0.1, -0.05) is 40.9 Å². The molecule has 0 radical (unpaired) electrons. The van der Waals surface area contributed by atoms with Crippen LogP contribution in [-0.2, 0) is 4.74 Å². The van der Waals surface area contributed by atoms with Crippen molar-refractivity contribution in [3.8, 4) is 11.3 Å². The number of hydrogen-bond acceptors (Lipinski definition) is 4. The maximum atomic E-state index is 11.7. The maximum Gasteiger partial charge on any atom is 0.358 e. The third-order valence-corrected chi connectivity index (χ3v) is 4.28. The van der Waals surface area contributed by atoms with Crippen LogP contribution < -0.4 is 5.73 Å². The van der Waals surface area contributed by atoms with Crippen molar-refractivity contribution < 1.29 is 9.53 Å². The molecule has 0 aliphatic heterocycles. The van der Waals surface area contributed by atoms with Crippen LogP contribution in [0.1, 0.15) is 16.1 Å². The second kappa shape index (κ2) is 6.10. The van der Waals surface area contributed by atoms with Crippen LogP contribution in [-0.4, -0.2) is 18.1 Å². The average Bonchev–Trinajstić information content (AvgIpc) is 2.47. The molecular formula is C14H11Cl3N2O2. The molecule has 1 aromatic carbocycles. The van der Waals surface area contributed by atoms with E-state index >= 15 is 0 Å². The van der Waals surface area contributed by atoms with E-state index in [1.54, 1.807) is 25.1 Å². The number of carbonyl (C=O) groups excluding carboxylic acids is 1. The van der Waals surface area contributed by atoms with Crippen LogP contribution in [0.25, 0.3) is 11.3 Å². The van der Waals surface area contributed by atoms with E-state index in [0.29, 0.717) is 21.3 Å². The number of methoxy groups -OCH3 is 1. The Morgan fingerprint density at radius 2 is 1.90 bits per heavy atom. The molecule has 0 atom stereocenters. The largest absolute Gasteiger partial charge is 0.464 e. The maximum absolute atomic E-state index is 11.7. The molecule has 0 amide bonds. The molecule has 0 bridgehead atoms. The highest BCUT2D eigenvalue weighted by Crippen LogP contribution is 2.35. The second-order valence-electron chi connectivity index (χ2n) is 4.28. The van der Waals surface area contributed by atoms with Crippen molar-refractivity contribution in [1.29, 1.82) is 0 Å². The fourth-order valence-corrected chi connectivity index (χ4v) is 2.39. The zero-order valence-corrected chi connectivity index (χ0v) is 13.5. The normalized spacial score (nSPS) is 10.5. The van der Waals surface area contributed by atoms with Gasteiger partial charge in [-0.05, 0) is 24.6 Å². The summed E-state index contributed by atoms with van der Waals surface area (Å²) in [6.07, 6.45) is 0. The number of benzene rings is 1. The summed E-state index contributed by atoms with van der Waals surface area (Å²) < 4.78 is 4.65. The predicted molar refractivity (Wildman–Crippen MR) is 85.2 cm³/mol. The monoisotopic (exact) mass is 344 g/mol. The Bertz CT molecular complexity index is 733.